The van der Waals surface area contributed by atoms with E-state index in [0.29, 0.717) is 6.42 Å². The van der Waals surface area contributed by atoms with E-state index in [0.717, 1.165) is 6.54 Å². The van der Waals surface area contributed by atoms with Gasteiger partial charge in [-0.2, -0.15) is 0 Å². The van der Waals surface area contributed by atoms with Gasteiger partial charge in [-0.05, 0) is 27.1 Å². The molecule has 0 aliphatic heterocycles. The zero-order valence-electron chi connectivity index (χ0n) is 6.73. The van der Waals surface area contributed by atoms with E-state index in [-0.39, 0.29) is 6.61 Å². The molecule has 0 fully saturated rings. The molecule has 0 aliphatic rings. The van der Waals surface area contributed by atoms with Crippen LogP contribution >= 0.6 is 7.82 Å². The lowest BCUT2D eigenvalue weighted by Gasteiger charge is -2.09. The molecule has 11 heavy (non-hydrogen) atoms. The Balaban J connectivity index is 3.22. The van der Waals surface area contributed by atoms with Crippen molar-refractivity contribution in [2.75, 3.05) is 27.2 Å². The fraction of sp³-hybridized carbons (Fsp3) is 1.00. The Labute approximate surface area is 66.2 Å². The molecule has 0 saturated carbocycles. The predicted octanol–water partition coefficient (Wildman–Crippen LogP) is 0.0474. The Bertz CT molecular complexity index is 143. The van der Waals surface area contributed by atoms with Gasteiger partial charge in [0.05, 0.1) is 6.61 Å². The minimum absolute atomic E-state index is 0.0997. The Morgan fingerprint density at radius 2 is 2.00 bits per heavy atom. The van der Waals surface area contributed by atoms with Gasteiger partial charge in [0.25, 0.3) is 0 Å². The molecule has 0 saturated heterocycles. The van der Waals surface area contributed by atoms with Crippen molar-refractivity contribution < 1.29 is 18.9 Å². The summed E-state index contributed by atoms with van der Waals surface area (Å²) in [5, 5.41) is 0. The Kier molecular flexibility index (Phi) is 4.88. The van der Waals surface area contributed by atoms with Crippen LogP contribution in [0, 0.1) is 0 Å². The summed E-state index contributed by atoms with van der Waals surface area (Å²) in [7, 11) is -0.471. The molecular formula is C5H14NO4P. The zero-order valence-corrected chi connectivity index (χ0v) is 7.62. The Hall–Kier alpha value is 0.0700. The van der Waals surface area contributed by atoms with E-state index in [2.05, 4.69) is 4.52 Å². The number of phosphoric acid groups is 1. The lowest BCUT2D eigenvalue weighted by molar-refractivity contribution is 0.188. The number of nitrogens with zero attached hydrogens (tertiary/aromatic N) is 1. The molecule has 68 valence electrons. The summed E-state index contributed by atoms with van der Waals surface area (Å²) in [6, 6.07) is 0. The fourth-order valence-corrected chi connectivity index (χ4v) is 0.931. The van der Waals surface area contributed by atoms with Crippen molar-refractivity contribution in [3.05, 3.63) is 0 Å². The minimum Gasteiger partial charge on any atom is -0.309 e. The van der Waals surface area contributed by atoms with E-state index in [1.165, 1.54) is 0 Å². The highest BCUT2D eigenvalue weighted by Gasteiger charge is 2.12. The van der Waals surface area contributed by atoms with Gasteiger partial charge in [0, 0.05) is 0 Å². The molecule has 0 aromatic heterocycles. The molecule has 0 aromatic carbocycles. The van der Waals surface area contributed by atoms with E-state index in [1.54, 1.807) is 0 Å². The Morgan fingerprint density at radius 1 is 1.45 bits per heavy atom. The van der Waals surface area contributed by atoms with Gasteiger partial charge in [-0.15, -0.1) is 0 Å². The summed E-state index contributed by atoms with van der Waals surface area (Å²) in [6.07, 6.45) is 0.623. The van der Waals surface area contributed by atoms with Gasteiger partial charge in [-0.1, -0.05) is 0 Å². The molecule has 6 heteroatoms. The van der Waals surface area contributed by atoms with Gasteiger partial charge in [-0.3, -0.25) is 4.52 Å². The van der Waals surface area contributed by atoms with Crippen molar-refractivity contribution in [1.82, 2.24) is 4.90 Å². The maximum atomic E-state index is 10.1. The van der Waals surface area contributed by atoms with Gasteiger partial charge in [0.2, 0.25) is 0 Å². The van der Waals surface area contributed by atoms with Gasteiger partial charge < -0.3 is 14.7 Å². The maximum Gasteiger partial charge on any atom is 0.469 e. The van der Waals surface area contributed by atoms with Crippen LogP contribution in [0.2, 0.25) is 0 Å². The lowest BCUT2D eigenvalue weighted by atomic mass is 10.4. The molecular weight excluding hydrogens is 169 g/mol. The molecule has 0 aromatic rings. The first-order chi connectivity index (χ1) is 4.92. The summed E-state index contributed by atoms with van der Waals surface area (Å²) in [5.74, 6) is 0. The second-order valence-electron chi connectivity index (χ2n) is 2.48. The van der Waals surface area contributed by atoms with E-state index < -0.39 is 7.82 Å². The molecule has 0 heterocycles. The van der Waals surface area contributed by atoms with Crippen LogP contribution in [0.25, 0.3) is 0 Å². The third-order valence-corrected chi connectivity index (χ3v) is 1.53. The number of hydrogen-bond donors (Lipinski definition) is 2. The zero-order chi connectivity index (χ0) is 8.91. The molecule has 0 spiro atoms. The largest absolute Gasteiger partial charge is 0.469 e. The molecule has 2 N–H and O–H groups in total. The first-order valence-corrected chi connectivity index (χ1v) is 4.79. The average Bonchev–Trinajstić information content (AvgIpc) is 1.78. The molecule has 0 unspecified atom stereocenters. The smallest absolute Gasteiger partial charge is 0.309 e. The molecule has 0 aliphatic carbocycles. The van der Waals surface area contributed by atoms with E-state index in [9.17, 15) is 4.57 Å². The van der Waals surface area contributed by atoms with Crippen LogP contribution in [0.4, 0.5) is 0 Å². The monoisotopic (exact) mass is 183 g/mol. The molecule has 5 nitrogen and oxygen atoms in total. The van der Waals surface area contributed by atoms with Crippen molar-refractivity contribution in [2.24, 2.45) is 0 Å². The van der Waals surface area contributed by atoms with Crippen LogP contribution in [0.5, 0.6) is 0 Å². The highest BCUT2D eigenvalue weighted by molar-refractivity contribution is 7.46. The van der Waals surface area contributed by atoms with Crippen LogP contribution in [0.3, 0.4) is 0 Å². The topological polar surface area (TPSA) is 70.0 Å². The van der Waals surface area contributed by atoms with Gasteiger partial charge in [-0.25, -0.2) is 4.57 Å². The van der Waals surface area contributed by atoms with Crippen molar-refractivity contribution in [1.29, 1.82) is 0 Å². The molecule has 0 amide bonds. The molecule has 0 rings (SSSR count). The lowest BCUT2D eigenvalue weighted by Crippen LogP contribution is -2.14. The fourth-order valence-electron chi connectivity index (χ4n) is 0.564. The molecule has 0 bridgehead atoms. The molecule has 0 atom stereocenters. The standard InChI is InChI=1S/C5H14NO4P/c1-6(2)4-3-5-10-11(7,8)9/h3-5H2,1-2H3,(H2,7,8,9). The van der Waals surface area contributed by atoms with Crippen molar-refractivity contribution in [2.45, 2.75) is 6.42 Å². The van der Waals surface area contributed by atoms with Crippen LogP contribution in [-0.2, 0) is 9.09 Å². The molecule has 0 radical (unpaired) electrons. The third kappa shape index (κ3) is 10.1. The van der Waals surface area contributed by atoms with Crippen LogP contribution in [0.1, 0.15) is 6.42 Å². The third-order valence-electron chi connectivity index (χ3n) is 1.01. The van der Waals surface area contributed by atoms with Gasteiger partial charge in [0.1, 0.15) is 0 Å². The summed E-state index contributed by atoms with van der Waals surface area (Å²) in [4.78, 5) is 18.4. The van der Waals surface area contributed by atoms with Gasteiger partial charge in [0.15, 0.2) is 0 Å². The Morgan fingerprint density at radius 3 is 2.36 bits per heavy atom. The average molecular weight is 183 g/mol. The number of phosphoric ester groups is 1. The number of hydrogen-bond acceptors (Lipinski definition) is 3. The summed E-state index contributed by atoms with van der Waals surface area (Å²) in [5.41, 5.74) is 0. The summed E-state index contributed by atoms with van der Waals surface area (Å²) >= 11 is 0. The van der Waals surface area contributed by atoms with E-state index in [1.807, 2.05) is 19.0 Å². The quantitative estimate of drug-likeness (QED) is 0.465. The van der Waals surface area contributed by atoms with Crippen molar-refractivity contribution in [3.8, 4) is 0 Å². The van der Waals surface area contributed by atoms with Crippen LogP contribution in [-0.4, -0.2) is 41.9 Å². The first-order valence-electron chi connectivity index (χ1n) is 3.26. The maximum absolute atomic E-state index is 10.1. The van der Waals surface area contributed by atoms with Crippen LogP contribution in [0.15, 0.2) is 0 Å². The second-order valence-corrected chi connectivity index (χ2v) is 3.72. The van der Waals surface area contributed by atoms with Crippen LogP contribution < -0.4 is 0 Å². The summed E-state index contributed by atoms with van der Waals surface area (Å²) < 4.78 is 14.4. The highest BCUT2D eigenvalue weighted by atomic mass is 31.2. The normalized spacial score (nSPS) is 12.5. The van der Waals surface area contributed by atoms with Crippen molar-refractivity contribution >= 4 is 7.82 Å². The first kappa shape index (κ1) is 11.1. The predicted molar refractivity (Wildman–Crippen MR) is 41.2 cm³/mol. The van der Waals surface area contributed by atoms with E-state index >= 15 is 0 Å². The van der Waals surface area contributed by atoms with E-state index in [4.69, 9.17) is 9.79 Å². The minimum atomic E-state index is -4.24. The summed E-state index contributed by atoms with van der Waals surface area (Å²) in [6.45, 7) is 0.864. The SMILES string of the molecule is CN(C)CCCOP(=O)(O)O. The second kappa shape index (κ2) is 4.85. The van der Waals surface area contributed by atoms with Crippen molar-refractivity contribution in [3.63, 3.8) is 0 Å². The van der Waals surface area contributed by atoms with Gasteiger partial charge >= 0.3 is 7.82 Å². The number of rotatable bonds is 5. The highest BCUT2D eigenvalue weighted by Crippen LogP contribution is 2.35.